The molecule has 0 spiro atoms. The Hall–Kier alpha value is -2.24. The second-order valence-electron chi connectivity index (χ2n) is 4.80. The molecule has 0 amide bonds. The average molecular weight is 282 g/mol. The number of nitriles is 2. The summed E-state index contributed by atoms with van der Waals surface area (Å²) in [6, 6.07) is 10.1. The molecule has 5 heteroatoms. The number of nitrogens with one attached hydrogen (secondary N) is 1. The minimum atomic E-state index is -0.650. The van der Waals surface area contributed by atoms with Crippen molar-refractivity contribution >= 4 is 16.8 Å². The lowest BCUT2D eigenvalue weighted by Crippen LogP contribution is -2.27. The molecule has 0 saturated carbocycles. The second kappa shape index (κ2) is 5.40. The largest absolute Gasteiger partial charge is 0.392 e. The third-order valence-corrected chi connectivity index (χ3v) is 4.35. The van der Waals surface area contributed by atoms with E-state index in [-0.39, 0.29) is 5.04 Å². The number of rotatable bonds is 1. The van der Waals surface area contributed by atoms with Crippen LogP contribution in [0.1, 0.15) is 22.6 Å². The molecule has 20 heavy (non-hydrogen) atoms. The van der Waals surface area contributed by atoms with Gasteiger partial charge in [-0.2, -0.15) is 10.5 Å². The topological polar surface area (TPSA) is 97.4 Å². The Kier molecular flexibility index (Phi) is 3.83. The van der Waals surface area contributed by atoms with Crippen LogP contribution in [0.3, 0.4) is 0 Å². The van der Waals surface area contributed by atoms with E-state index in [1.54, 1.807) is 0 Å². The van der Waals surface area contributed by atoms with Crippen LogP contribution in [-0.2, 0) is 0 Å². The molecule has 1 aromatic rings. The number of hydrogen-bond donors (Lipinski definition) is 2. The number of nitrogens with two attached hydrogens (primary N) is 1. The molecule has 0 fully saturated rings. The van der Waals surface area contributed by atoms with E-state index in [1.165, 1.54) is 0 Å². The summed E-state index contributed by atoms with van der Waals surface area (Å²) in [6.45, 7) is 3.94. The Morgan fingerprint density at radius 3 is 2.55 bits per heavy atom. The molecule has 0 aliphatic carbocycles. The first-order valence-electron chi connectivity index (χ1n) is 6.12. The molecular weight excluding hydrogens is 268 g/mol. The fourth-order valence-electron chi connectivity index (χ4n) is 2.48. The van der Waals surface area contributed by atoms with E-state index < -0.39 is 11.8 Å². The molecule has 2 rings (SSSR count). The highest BCUT2D eigenvalue weighted by atomic mass is 32.2. The van der Waals surface area contributed by atoms with Crippen LogP contribution in [0.5, 0.6) is 0 Å². The average Bonchev–Trinajstić information content (AvgIpc) is 2.38. The second-order valence-corrected chi connectivity index (χ2v) is 5.88. The Bertz CT molecular complexity index is 691. The van der Waals surface area contributed by atoms with Crippen molar-refractivity contribution in [3.05, 3.63) is 45.5 Å². The first kappa shape index (κ1) is 14.2. The number of allylic oxidation sites excluding steroid dienone is 1. The smallest absolute Gasteiger partial charge is 0.106 e. The van der Waals surface area contributed by atoms with Crippen molar-refractivity contribution < 1.29 is 0 Å². The van der Waals surface area contributed by atoms with Crippen LogP contribution in [0.4, 0.5) is 0 Å². The number of hydrogen-bond acceptors (Lipinski definition) is 5. The van der Waals surface area contributed by atoms with Gasteiger partial charge in [0.25, 0.3) is 0 Å². The van der Waals surface area contributed by atoms with Gasteiger partial charge in [-0.15, -0.1) is 0 Å². The fourth-order valence-corrected chi connectivity index (χ4v) is 3.31. The maximum Gasteiger partial charge on any atom is 0.106 e. The van der Waals surface area contributed by atoms with E-state index >= 15 is 0 Å². The first-order valence-corrected chi connectivity index (χ1v) is 6.94. The number of thioether (sulfide) groups is 1. The van der Waals surface area contributed by atoms with Crippen molar-refractivity contribution in [2.45, 2.75) is 19.8 Å². The van der Waals surface area contributed by atoms with Crippen LogP contribution in [0, 0.1) is 47.8 Å². The predicted octanol–water partition coefficient (Wildman–Crippen LogP) is 2.94. The third-order valence-electron chi connectivity index (χ3n) is 3.43. The molecule has 100 valence electrons. The molecule has 0 radical (unpaired) electrons. The predicted molar refractivity (Wildman–Crippen MR) is 79.9 cm³/mol. The molecule has 0 saturated heterocycles. The standard InChI is InChI=1S/C15H14N4S/c1-8-3-4-10(9(2)5-8)13-11(6-16)14(18)20-15(19)12(13)7-17/h3-5,11,13,18H,19H2,1-2H3/t11-,13+/m0/s1. The van der Waals surface area contributed by atoms with E-state index in [0.717, 1.165) is 28.5 Å². The maximum atomic E-state index is 9.36. The van der Waals surface area contributed by atoms with Gasteiger partial charge in [-0.25, -0.2) is 0 Å². The van der Waals surface area contributed by atoms with Crippen LogP contribution < -0.4 is 5.73 Å². The molecule has 3 N–H and O–H groups in total. The quantitative estimate of drug-likeness (QED) is 0.827. The Balaban J connectivity index is 2.66. The zero-order chi connectivity index (χ0) is 14.9. The molecular formula is C15H14N4S. The summed E-state index contributed by atoms with van der Waals surface area (Å²) in [6.07, 6.45) is 0. The van der Waals surface area contributed by atoms with Crippen molar-refractivity contribution in [2.24, 2.45) is 11.7 Å². The Labute approximate surface area is 122 Å². The Morgan fingerprint density at radius 1 is 1.30 bits per heavy atom. The summed E-state index contributed by atoms with van der Waals surface area (Å²) in [7, 11) is 0. The van der Waals surface area contributed by atoms with Gasteiger partial charge in [-0.05, 0) is 25.0 Å². The highest BCUT2D eigenvalue weighted by Crippen LogP contribution is 2.43. The third kappa shape index (κ3) is 2.29. The highest BCUT2D eigenvalue weighted by Gasteiger charge is 2.37. The highest BCUT2D eigenvalue weighted by molar-refractivity contribution is 8.17. The zero-order valence-electron chi connectivity index (χ0n) is 11.3. The number of benzene rings is 1. The van der Waals surface area contributed by atoms with Crippen molar-refractivity contribution in [1.29, 1.82) is 15.9 Å². The van der Waals surface area contributed by atoms with Crippen LogP contribution in [0.25, 0.3) is 0 Å². The lowest BCUT2D eigenvalue weighted by molar-refractivity contribution is 0.724. The maximum absolute atomic E-state index is 9.36. The molecule has 1 aromatic carbocycles. The van der Waals surface area contributed by atoms with Crippen molar-refractivity contribution in [3.8, 4) is 12.1 Å². The van der Waals surface area contributed by atoms with E-state index in [1.807, 2.05) is 32.0 Å². The van der Waals surface area contributed by atoms with Gasteiger partial charge in [0.05, 0.1) is 27.8 Å². The van der Waals surface area contributed by atoms with Gasteiger partial charge in [0.1, 0.15) is 5.92 Å². The van der Waals surface area contributed by atoms with E-state index in [4.69, 9.17) is 11.1 Å². The Morgan fingerprint density at radius 2 is 2.00 bits per heavy atom. The minimum Gasteiger partial charge on any atom is -0.392 e. The van der Waals surface area contributed by atoms with Gasteiger partial charge in [-0.3, -0.25) is 5.41 Å². The van der Waals surface area contributed by atoms with Gasteiger partial charge in [0.2, 0.25) is 0 Å². The van der Waals surface area contributed by atoms with E-state index in [9.17, 15) is 10.5 Å². The molecule has 4 nitrogen and oxygen atoms in total. The van der Waals surface area contributed by atoms with Gasteiger partial charge in [0.15, 0.2) is 0 Å². The monoisotopic (exact) mass is 282 g/mol. The molecule has 2 atom stereocenters. The summed E-state index contributed by atoms with van der Waals surface area (Å²) in [5.41, 5.74) is 9.29. The number of aryl methyl sites for hydroxylation is 2. The minimum absolute atomic E-state index is 0.203. The molecule has 1 aliphatic rings. The van der Waals surface area contributed by atoms with Crippen LogP contribution in [0.15, 0.2) is 28.8 Å². The first-order chi connectivity index (χ1) is 9.49. The molecule has 0 aromatic heterocycles. The van der Waals surface area contributed by atoms with Gasteiger partial charge >= 0.3 is 0 Å². The number of nitrogens with zero attached hydrogens (tertiary/aromatic N) is 2. The zero-order valence-corrected chi connectivity index (χ0v) is 12.1. The summed E-state index contributed by atoms with van der Waals surface area (Å²) in [4.78, 5) is 0. The summed E-state index contributed by atoms with van der Waals surface area (Å²) in [5.74, 6) is -1.09. The lowest BCUT2D eigenvalue weighted by Gasteiger charge is -2.29. The molecule has 0 bridgehead atoms. The van der Waals surface area contributed by atoms with Crippen LogP contribution in [-0.4, -0.2) is 5.04 Å². The fraction of sp³-hybridized carbons (Fsp3) is 0.267. The molecule has 0 unspecified atom stereocenters. The van der Waals surface area contributed by atoms with Crippen molar-refractivity contribution in [3.63, 3.8) is 0 Å². The summed E-state index contributed by atoms with van der Waals surface area (Å²) < 4.78 is 0. The van der Waals surface area contributed by atoms with Crippen molar-refractivity contribution in [2.75, 3.05) is 0 Å². The summed E-state index contributed by atoms with van der Waals surface area (Å²) in [5, 5.41) is 27.2. The van der Waals surface area contributed by atoms with Crippen molar-refractivity contribution in [1.82, 2.24) is 0 Å². The van der Waals surface area contributed by atoms with Gasteiger partial charge in [0, 0.05) is 5.92 Å². The lowest BCUT2D eigenvalue weighted by atomic mass is 9.79. The SMILES string of the molecule is Cc1ccc([C@H]2C(C#N)=C(N)SC(=N)[C@H]2C#N)c(C)c1. The molecule has 1 heterocycles. The van der Waals surface area contributed by atoms with Gasteiger partial charge in [-0.1, -0.05) is 35.5 Å². The van der Waals surface area contributed by atoms with Crippen LogP contribution >= 0.6 is 11.8 Å². The summed E-state index contributed by atoms with van der Waals surface area (Å²) >= 11 is 1.01. The van der Waals surface area contributed by atoms with Crippen LogP contribution in [0.2, 0.25) is 0 Å². The van der Waals surface area contributed by atoms with E-state index in [2.05, 4.69) is 12.1 Å². The molecule has 1 aliphatic heterocycles. The van der Waals surface area contributed by atoms with Gasteiger partial charge < -0.3 is 5.73 Å². The normalized spacial score (nSPS) is 22.3. The van der Waals surface area contributed by atoms with E-state index in [0.29, 0.717) is 10.6 Å².